The molecule has 6 rings (SSSR count). The van der Waals surface area contributed by atoms with Gasteiger partial charge in [-0.15, -0.1) is 0 Å². The number of anilines is 2. The van der Waals surface area contributed by atoms with Crippen molar-refractivity contribution in [2.45, 2.75) is 51.1 Å². The zero-order valence-corrected chi connectivity index (χ0v) is 25.1. The molecule has 2 aliphatic heterocycles. The van der Waals surface area contributed by atoms with Crippen LogP contribution in [0.5, 0.6) is 0 Å². The van der Waals surface area contributed by atoms with Gasteiger partial charge in [0, 0.05) is 42.5 Å². The molecule has 3 aromatic carbocycles. The number of amides is 4. The van der Waals surface area contributed by atoms with Gasteiger partial charge >= 0.3 is 0 Å². The van der Waals surface area contributed by atoms with Crippen molar-refractivity contribution in [1.29, 1.82) is 0 Å². The van der Waals surface area contributed by atoms with E-state index in [4.69, 9.17) is 4.42 Å². The van der Waals surface area contributed by atoms with Crippen LogP contribution in [0, 0.1) is 0 Å². The van der Waals surface area contributed by atoms with Crippen molar-refractivity contribution >= 4 is 35.0 Å². The number of carbonyl (C=O) groups is 4. The van der Waals surface area contributed by atoms with Crippen LogP contribution in [0.15, 0.2) is 89.5 Å². The third-order valence-corrected chi connectivity index (χ3v) is 8.38. The summed E-state index contributed by atoms with van der Waals surface area (Å²) in [4.78, 5) is 58.3. The van der Waals surface area contributed by atoms with Gasteiger partial charge in [0.1, 0.15) is 12.1 Å². The van der Waals surface area contributed by atoms with Crippen LogP contribution in [0.1, 0.15) is 38.2 Å². The zero-order chi connectivity index (χ0) is 31.3. The summed E-state index contributed by atoms with van der Waals surface area (Å²) in [6, 6.07) is 23.1. The predicted octanol–water partition coefficient (Wildman–Crippen LogP) is 5.13. The third-order valence-electron chi connectivity index (χ3n) is 8.38. The Morgan fingerprint density at radius 2 is 1.31 bits per heavy atom. The molecule has 0 saturated carbocycles. The van der Waals surface area contributed by atoms with Crippen LogP contribution in [0.2, 0.25) is 0 Å². The Morgan fingerprint density at radius 1 is 0.756 bits per heavy atom. The van der Waals surface area contributed by atoms with Gasteiger partial charge in [-0.05, 0) is 79.8 Å². The molecular weight excluding hydrogens is 570 g/mol. The SMILES string of the molecule is CC(=O)N1CCC[C@H]1C(=O)Nc1ccc(-c2cnc(-c3ccc(NC(=O)[C@@H]4CCCN4C(=O)Cc4ccccc4)cc3)o2)cc1. The average Bonchev–Trinajstić information content (AvgIpc) is 3.84. The topological polar surface area (TPSA) is 125 Å². The maximum absolute atomic E-state index is 13.1. The van der Waals surface area contributed by atoms with Crippen molar-refractivity contribution in [2.24, 2.45) is 0 Å². The number of hydrogen-bond donors (Lipinski definition) is 2. The summed E-state index contributed by atoms with van der Waals surface area (Å²) in [6.07, 6.45) is 4.83. The third kappa shape index (κ3) is 6.80. The highest BCUT2D eigenvalue weighted by molar-refractivity contribution is 5.98. The van der Waals surface area contributed by atoms with Crippen LogP contribution in [0.3, 0.4) is 0 Å². The lowest BCUT2D eigenvalue weighted by Crippen LogP contribution is -2.43. The number of likely N-dealkylation sites (tertiary alicyclic amines) is 2. The molecule has 0 unspecified atom stereocenters. The van der Waals surface area contributed by atoms with Gasteiger partial charge in [0.15, 0.2) is 5.76 Å². The lowest BCUT2D eigenvalue weighted by molar-refractivity contribution is -0.136. The normalized spacial score (nSPS) is 17.7. The van der Waals surface area contributed by atoms with Crippen LogP contribution >= 0.6 is 0 Å². The summed E-state index contributed by atoms with van der Waals surface area (Å²) in [5.41, 5.74) is 3.74. The fraction of sp³-hybridized carbons (Fsp3) is 0.286. The van der Waals surface area contributed by atoms with Crippen molar-refractivity contribution in [3.63, 3.8) is 0 Å². The number of rotatable bonds is 8. The van der Waals surface area contributed by atoms with Gasteiger partial charge in [0.2, 0.25) is 29.5 Å². The van der Waals surface area contributed by atoms with E-state index in [1.54, 1.807) is 40.3 Å². The van der Waals surface area contributed by atoms with E-state index in [1.165, 1.54) is 6.92 Å². The Bertz CT molecular complexity index is 1680. The fourth-order valence-electron chi connectivity index (χ4n) is 6.03. The molecule has 3 heterocycles. The highest BCUT2D eigenvalue weighted by Crippen LogP contribution is 2.29. The molecule has 10 heteroatoms. The lowest BCUT2D eigenvalue weighted by atomic mass is 10.1. The Kier molecular flexibility index (Phi) is 8.72. The van der Waals surface area contributed by atoms with Crippen LogP contribution in [-0.4, -0.2) is 63.6 Å². The minimum Gasteiger partial charge on any atom is -0.436 e. The molecule has 4 aromatic rings. The van der Waals surface area contributed by atoms with Crippen molar-refractivity contribution in [2.75, 3.05) is 23.7 Å². The number of nitrogens with zero attached hydrogens (tertiary/aromatic N) is 3. The van der Waals surface area contributed by atoms with E-state index in [0.29, 0.717) is 49.0 Å². The minimum atomic E-state index is -0.493. The fourth-order valence-corrected chi connectivity index (χ4v) is 6.03. The second-order valence-corrected chi connectivity index (χ2v) is 11.4. The number of aromatic nitrogens is 1. The van der Waals surface area contributed by atoms with Crippen LogP contribution in [-0.2, 0) is 25.6 Å². The van der Waals surface area contributed by atoms with Gasteiger partial charge in [0.05, 0.1) is 12.6 Å². The minimum absolute atomic E-state index is 0.0432. The molecule has 0 spiro atoms. The van der Waals surface area contributed by atoms with E-state index in [-0.39, 0.29) is 30.0 Å². The standard InChI is InChI=1S/C35H35N5O5/c1-23(41)39-19-5-9-29(39)33(43)37-27-15-11-25(12-16-27)31-22-36-35(45-31)26-13-17-28(18-14-26)38-34(44)30-10-6-20-40(30)32(42)21-24-7-3-2-4-8-24/h2-4,7-8,11-18,22,29-30H,5-6,9-10,19-21H2,1H3,(H,37,43)(H,38,44)/t29-,30-/m0/s1. The van der Waals surface area contributed by atoms with E-state index in [2.05, 4.69) is 15.6 Å². The Hall–Kier alpha value is -5.25. The molecule has 2 N–H and O–H groups in total. The molecule has 2 aliphatic rings. The van der Waals surface area contributed by atoms with Crippen molar-refractivity contribution < 1.29 is 23.6 Å². The van der Waals surface area contributed by atoms with Gasteiger partial charge < -0.3 is 24.9 Å². The summed E-state index contributed by atoms with van der Waals surface area (Å²) in [7, 11) is 0. The molecule has 2 saturated heterocycles. The number of hydrogen-bond acceptors (Lipinski definition) is 6. The molecule has 2 atom stereocenters. The maximum atomic E-state index is 13.1. The quantitative estimate of drug-likeness (QED) is 0.287. The van der Waals surface area contributed by atoms with Gasteiger partial charge in [-0.2, -0.15) is 0 Å². The summed E-state index contributed by atoms with van der Waals surface area (Å²) >= 11 is 0. The van der Waals surface area contributed by atoms with Crippen molar-refractivity contribution in [3.8, 4) is 22.8 Å². The molecule has 0 radical (unpaired) electrons. The smallest absolute Gasteiger partial charge is 0.247 e. The highest BCUT2D eigenvalue weighted by Gasteiger charge is 2.34. The first-order chi connectivity index (χ1) is 21.9. The van der Waals surface area contributed by atoms with E-state index in [0.717, 1.165) is 29.5 Å². The largest absolute Gasteiger partial charge is 0.436 e. The van der Waals surface area contributed by atoms with E-state index in [9.17, 15) is 19.2 Å². The van der Waals surface area contributed by atoms with Crippen molar-refractivity contribution in [3.05, 3.63) is 90.6 Å². The zero-order valence-electron chi connectivity index (χ0n) is 25.1. The molecular formula is C35H35N5O5. The van der Waals surface area contributed by atoms with Gasteiger partial charge in [-0.1, -0.05) is 30.3 Å². The first-order valence-corrected chi connectivity index (χ1v) is 15.2. The molecule has 10 nitrogen and oxygen atoms in total. The average molecular weight is 606 g/mol. The number of oxazole rings is 1. The van der Waals surface area contributed by atoms with Gasteiger partial charge in [-0.3, -0.25) is 19.2 Å². The summed E-state index contributed by atoms with van der Waals surface area (Å²) in [6.45, 7) is 2.67. The van der Waals surface area contributed by atoms with E-state index < -0.39 is 12.1 Å². The predicted molar refractivity (Wildman–Crippen MR) is 170 cm³/mol. The van der Waals surface area contributed by atoms with Crippen LogP contribution in [0.4, 0.5) is 11.4 Å². The molecule has 230 valence electrons. The number of carbonyl (C=O) groups excluding carboxylic acids is 4. The van der Waals surface area contributed by atoms with Gasteiger partial charge in [-0.25, -0.2) is 4.98 Å². The van der Waals surface area contributed by atoms with Crippen molar-refractivity contribution in [1.82, 2.24) is 14.8 Å². The summed E-state index contributed by atoms with van der Waals surface area (Å²) < 4.78 is 6.02. The van der Waals surface area contributed by atoms with Crippen LogP contribution in [0.25, 0.3) is 22.8 Å². The molecule has 1 aromatic heterocycles. The number of nitrogens with one attached hydrogen (secondary N) is 2. The molecule has 0 bridgehead atoms. The molecule has 2 fully saturated rings. The highest BCUT2D eigenvalue weighted by atomic mass is 16.4. The second kappa shape index (κ2) is 13.2. The molecule has 4 amide bonds. The Morgan fingerprint density at radius 3 is 1.91 bits per heavy atom. The summed E-state index contributed by atoms with van der Waals surface area (Å²) in [5, 5.41) is 5.86. The first kappa shape index (κ1) is 29.8. The van der Waals surface area contributed by atoms with Crippen LogP contribution < -0.4 is 10.6 Å². The maximum Gasteiger partial charge on any atom is 0.247 e. The monoisotopic (exact) mass is 605 g/mol. The lowest BCUT2D eigenvalue weighted by Gasteiger charge is -2.24. The Labute approximate surface area is 261 Å². The van der Waals surface area contributed by atoms with Gasteiger partial charge in [0.25, 0.3) is 0 Å². The second-order valence-electron chi connectivity index (χ2n) is 11.4. The first-order valence-electron chi connectivity index (χ1n) is 15.2. The van der Waals surface area contributed by atoms with E-state index in [1.807, 2.05) is 54.6 Å². The Balaban J connectivity index is 1.05. The molecule has 0 aliphatic carbocycles. The molecule has 45 heavy (non-hydrogen) atoms. The summed E-state index contributed by atoms with van der Waals surface area (Å²) in [5.74, 6) is 0.484. The number of benzene rings is 3. The van der Waals surface area contributed by atoms with E-state index >= 15 is 0 Å².